The Morgan fingerprint density at radius 2 is 1.89 bits per heavy atom. The molecule has 1 aromatic rings. The van der Waals surface area contributed by atoms with Crippen LogP contribution < -0.4 is 0 Å². The molecule has 0 spiro atoms. The molecule has 3 aliphatic heterocycles. The molecule has 0 aliphatic carbocycles. The van der Waals surface area contributed by atoms with Gasteiger partial charge in [0.15, 0.2) is 0 Å². The molecule has 4 rings (SSSR count). The molecule has 0 bridgehead atoms. The first-order chi connectivity index (χ1) is 13.1. The zero-order chi connectivity index (χ0) is 20.3. The topological polar surface area (TPSA) is 40.6 Å². The van der Waals surface area contributed by atoms with Gasteiger partial charge in [0, 0.05) is 37.3 Å². The zero-order valence-corrected chi connectivity index (χ0v) is 16.2. The lowest BCUT2D eigenvalue weighted by Crippen LogP contribution is -2.67. The van der Waals surface area contributed by atoms with Crippen LogP contribution in [0.4, 0.5) is 13.2 Å². The second kappa shape index (κ2) is 6.40. The van der Waals surface area contributed by atoms with Gasteiger partial charge < -0.3 is 9.80 Å². The number of fused-ring (bicyclic) bond motifs is 2. The number of alkyl halides is 3. The Balaban J connectivity index is 1.72. The van der Waals surface area contributed by atoms with E-state index in [4.69, 9.17) is 0 Å². The van der Waals surface area contributed by atoms with Crippen molar-refractivity contribution in [3.8, 4) is 0 Å². The van der Waals surface area contributed by atoms with E-state index in [-0.39, 0.29) is 23.9 Å². The second-order valence-electron chi connectivity index (χ2n) is 7.54. The average molecular weight is 408 g/mol. The molecule has 8 heteroatoms. The minimum Gasteiger partial charge on any atom is -0.318 e. The summed E-state index contributed by atoms with van der Waals surface area (Å²) >= 11 is 1.07. The number of likely N-dealkylation sites (N-methyl/N-ethyl adjacent to an activating group) is 1. The number of hydrogen-bond acceptors (Lipinski definition) is 3. The number of carbonyl (C=O) groups is 2. The number of hydrogen-bond donors (Lipinski definition) is 0. The molecule has 3 heterocycles. The molecule has 0 N–H and O–H groups in total. The smallest absolute Gasteiger partial charge is 0.318 e. The fraction of sp³-hybridized carbons (Fsp3) is 0.400. The molecule has 2 atom stereocenters. The molecule has 3 aliphatic rings. The van der Waals surface area contributed by atoms with Gasteiger partial charge in [-0.25, -0.2) is 0 Å². The van der Waals surface area contributed by atoms with Crippen LogP contribution in [0.3, 0.4) is 0 Å². The van der Waals surface area contributed by atoms with Crippen LogP contribution in [0.15, 0.2) is 47.0 Å². The Hall–Kier alpha value is -2.22. The van der Waals surface area contributed by atoms with Crippen molar-refractivity contribution in [2.45, 2.75) is 31.6 Å². The predicted molar refractivity (Wildman–Crippen MR) is 100 cm³/mol. The lowest BCUT2D eigenvalue weighted by molar-refractivity contribution is -0.159. The molecule has 1 fully saturated rings. The number of rotatable bonds is 1. The number of amides is 2. The van der Waals surface area contributed by atoms with E-state index >= 15 is 0 Å². The van der Waals surface area contributed by atoms with E-state index in [2.05, 4.69) is 0 Å². The first kappa shape index (κ1) is 19.1. The van der Waals surface area contributed by atoms with Crippen LogP contribution in [0.1, 0.15) is 18.1 Å². The number of nitrogens with zero attached hydrogens (tertiary/aromatic N) is 2. The van der Waals surface area contributed by atoms with Crippen LogP contribution in [0.5, 0.6) is 0 Å². The van der Waals surface area contributed by atoms with Crippen molar-refractivity contribution in [3.05, 3.63) is 58.1 Å². The van der Waals surface area contributed by atoms with E-state index in [1.807, 2.05) is 24.3 Å². The number of piperazine rings is 1. The highest BCUT2D eigenvalue weighted by Crippen LogP contribution is 2.43. The summed E-state index contributed by atoms with van der Waals surface area (Å²) < 4.78 is 39.7. The fourth-order valence-corrected chi connectivity index (χ4v) is 5.21. The minimum absolute atomic E-state index is 0.0181. The Kier molecular flexibility index (Phi) is 4.37. The van der Waals surface area contributed by atoms with Crippen molar-refractivity contribution in [1.29, 1.82) is 0 Å². The third kappa shape index (κ3) is 2.85. The first-order valence-electron chi connectivity index (χ1n) is 8.90. The molecule has 0 aromatic heterocycles. The molecular formula is C20H19F3N2O2S. The summed E-state index contributed by atoms with van der Waals surface area (Å²) in [6.07, 6.45) is -2.76. The van der Waals surface area contributed by atoms with Crippen molar-refractivity contribution in [2.75, 3.05) is 12.8 Å². The third-order valence-corrected chi connectivity index (χ3v) is 6.71. The Morgan fingerprint density at radius 3 is 2.57 bits per heavy atom. The Bertz CT molecular complexity index is 924. The number of allylic oxidation sites excluding steroid dienone is 2. The van der Waals surface area contributed by atoms with Gasteiger partial charge in [0.25, 0.3) is 11.8 Å². The van der Waals surface area contributed by atoms with Gasteiger partial charge in [0.05, 0.1) is 0 Å². The molecule has 28 heavy (non-hydrogen) atoms. The standard InChI is InChI=1S/C20H19F3N2O2S/c1-19-8-12-5-3-4-6-13(12)9-25(19)17(26)16(24(2)18(19)27)7-14-10-28-11-15(14)20(21,22)23/h3-7,11,14H,8-10H2,1-2H3/b16-7-. The van der Waals surface area contributed by atoms with E-state index in [0.29, 0.717) is 6.42 Å². The number of halogens is 3. The molecule has 2 unspecified atom stereocenters. The van der Waals surface area contributed by atoms with Crippen molar-refractivity contribution >= 4 is 23.6 Å². The summed E-state index contributed by atoms with van der Waals surface area (Å²) in [7, 11) is 1.47. The second-order valence-corrected chi connectivity index (χ2v) is 8.44. The molecule has 2 amide bonds. The molecule has 4 nitrogen and oxygen atoms in total. The predicted octanol–water partition coefficient (Wildman–Crippen LogP) is 3.50. The van der Waals surface area contributed by atoms with Gasteiger partial charge >= 0.3 is 6.18 Å². The maximum atomic E-state index is 13.2. The summed E-state index contributed by atoms with van der Waals surface area (Å²) in [5.74, 6) is -1.43. The van der Waals surface area contributed by atoms with Gasteiger partial charge in [-0.2, -0.15) is 13.2 Å². The van der Waals surface area contributed by atoms with E-state index in [9.17, 15) is 22.8 Å². The van der Waals surface area contributed by atoms with Gasteiger partial charge in [-0.3, -0.25) is 9.59 Å². The summed E-state index contributed by atoms with van der Waals surface area (Å²) in [5.41, 5.74) is 0.278. The Labute approximate surface area is 165 Å². The van der Waals surface area contributed by atoms with Crippen molar-refractivity contribution in [3.63, 3.8) is 0 Å². The van der Waals surface area contributed by atoms with E-state index in [1.54, 1.807) is 6.92 Å². The van der Waals surface area contributed by atoms with Crippen LogP contribution in [-0.2, 0) is 22.6 Å². The van der Waals surface area contributed by atoms with Gasteiger partial charge in [-0.1, -0.05) is 24.3 Å². The minimum atomic E-state index is -4.45. The molecule has 148 valence electrons. The van der Waals surface area contributed by atoms with Gasteiger partial charge in [-0.05, 0) is 29.5 Å². The first-order valence-corrected chi connectivity index (χ1v) is 9.95. The van der Waals surface area contributed by atoms with Crippen molar-refractivity contribution < 1.29 is 22.8 Å². The van der Waals surface area contributed by atoms with Gasteiger partial charge in [0.2, 0.25) is 0 Å². The maximum absolute atomic E-state index is 13.2. The number of carbonyl (C=O) groups excluding carboxylic acids is 2. The molecule has 0 radical (unpaired) electrons. The van der Waals surface area contributed by atoms with Crippen LogP contribution in [0.25, 0.3) is 0 Å². The van der Waals surface area contributed by atoms with Crippen molar-refractivity contribution in [2.24, 2.45) is 5.92 Å². The largest absolute Gasteiger partial charge is 0.413 e. The van der Waals surface area contributed by atoms with E-state index < -0.39 is 29.1 Å². The van der Waals surface area contributed by atoms with Crippen LogP contribution in [0.2, 0.25) is 0 Å². The van der Waals surface area contributed by atoms with Crippen LogP contribution in [0, 0.1) is 5.92 Å². The molecule has 0 saturated carbocycles. The van der Waals surface area contributed by atoms with Crippen LogP contribution in [-0.4, -0.2) is 46.1 Å². The maximum Gasteiger partial charge on any atom is 0.413 e. The molecule has 1 aromatic carbocycles. The Morgan fingerprint density at radius 1 is 1.21 bits per heavy atom. The molecule has 1 saturated heterocycles. The quantitative estimate of drug-likeness (QED) is 0.668. The van der Waals surface area contributed by atoms with Gasteiger partial charge in [0.1, 0.15) is 11.2 Å². The summed E-state index contributed by atoms with van der Waals surface area (Å²) in [6.45, 7) is 1.99. The SMILES string of the molecule is CN1C(=O)C2(C)Cc3ccccc3CN2C(=O)/C1=C/C1CSC=C1C(F)(F)F. The van der Waals surface area contributed by atoms with Gasteiger partial charge in [-0.15, -0.1) is 11.8 Å². The van der Waals surface area contributed by atoms with Crippen LogP contribution >= 0.6 is 11.8 Å². The summed E-state index contributed by atoms with van der Waals surface area (Å²) in [5, 5.41) is 1.10. The lowest BCUT2D eigenvalue weighted by atomic mass is 9.81. The lowest BCUT2D eigenvalue weighted by Gasteiger charge is -2.50. The number of benzene rings is 1. The highest BCUT2D eigenvalue weighted by atomic mass is 32.2. The van der Waals surface area contributed by atoms with E-state index in [0.717, 1.165) is 28.3 Å². The summed E-state index contributed by atoms with van der Waals surface area (Å²) in [6, 6.07) is 7.62. The highest BCUT2D eigenvalue weighted by molar-refractivity contribution is 8.02. The molecular weight excluding hydrogens is 389 g/mol. The van der Waals surface area contributed by atoms with Crippen molar-refractivity contribution in [1.82, 2.24) is 9.80 Å². The highest BCUT2D eigenvalue weighted by Gasteiger charge is 2.53. The third-order valence-electron chi connectivity index (χ3n) is 5.74. The number of thioether (sulfide) groups is 1. The average Bonchev–Trinajstić information content (AvgIpc) is 3.11. The summed E-state index contributed by atoms with van der Waals surface area (Å²) in [4.78, 5) is 29.1. The normalized spacial score (nSPS) is 29.1. The fourth-order valence-electron chi connectivity index (χ4n) is 4.14. The monoisotopic (exact) mass is 408 g/mol. The zero-order valence-electron chi connectivity index (χ0n) is 15.4. The van der Waals surface area contributed by atoms with E-state index in [1.165, 1.54) is 22.9 Å².